The molecule has 4 heterocycles. The molecule has 2 aromatic rings. The SMILES string of the molecule is CC(C)(C)c1ccc([C@@H]2c3sc(=O)n(CC(=O)N4CCOCC4)c3S[C@@H]3C(=O)N(C(N)=O)C(=O)[C@H]23)cc1. The first kappa shape index (κ1) is 25.7. The maximum atomic E-state index is 13.3. The van der Waals surface area contributed by atoms with Crippen LogP contribution in [0.2, 0.25) is 0 Å². The summed E-state index contributed by atoms with van der Waals surface area (Å²) in [5.74, 6) is -3.10. The van der Waals surface area contributed by atoms with Crippen LogP contribution in [0, 0.1) is 5.92 Å². The van der Waals surface area contributed by atoms with Gasteiger partial charge in [-0.05, 0) is 16.5 Å². The Morgan fingerprint density at radius 1 is 1.05 bits per heavy atom. The van der Waals surface area contributed by atoms with Crippen molar-refractivity contribution in [1.29, 1.82) is 0 Å². The van der Waals surface area contributed by atoms with Gasteiger partial charge in [-0.2, -0.15) is 4.90 Å². The molecule has 0 spiro atoms. The average molecular weight is 545 g/mol. The molecule has 0 saturated carbocycles. The number of likely N-dealkylation sites (tertiary alicyclic amines) is 1. The van der Waals surface area contributed by atoms with Crippen molar-refractivity contribution >= 4 is 46.9 Å². The summed E-state index contributed by atoms with van der Waals surface area (Å²) in [6, 6.07) is 6.64. The van der Waals surface area contributed by atoms with Gasteiger partial charge in [0.15, 0.2) is 0 Å². The highest BCUT2D eigenvalue weighted by atomic mass is 32.2. The number of rotatable bonds is 3. The molecule has 0 aliphatic carbocycles. The van der Waals surface area contributed by atoms with E-state index in [4.69, 9.17) is 10.5 Å². The number of hydrogen-bond acceptors (Lipinski definition) is 8. The molecule has 0 unspecified atom stereocenters. The zero-order valence-electron chi connectivity index (χ0n) is 20.8. The highest BCUT2D eigenvalue weighted by Crippen LogP contribution is 2.53. The van der Waals surface area contributed by atoms with Gasteiger partial charge in [0.25, 0.3) is 5.91 Å². The summed E-state index contributed by atoms with van der Waals surface area (Å²) in [4.78, 5) is 67.1. The van der Waals surface area contributed by atoms with Crippen LogP contribution in [0.3, 0.4) is 0 Å². The van der Waals surface area contributed by atoms with Crippen molar-refractivity contribution in [2.75, 3.05) is 26.3 Å². The van der Waals surface area contributed by atoms with Crippen molar-refractivity contribution < 1.29 is 23.9 Å². The minimum Gasteiger partial charge on any atom is -0.378 e. The third kappa shape index (κ3) is 4.40. The maximum absolute atomic E-state index is 13.3. The van der Waals surface area contributed by atoms with E-state index in [0.29, 0.717) is 41.1 Å². The van der Waals surface area contributed by atoms with E-state index in [1.54, 1.807) is 4.90 Å². The molecular formula is C25H28N4O6S2. The number of carbonyl (C=O) groups excluding carboxylic acids is 4. The van der Waals surface area contributed by atoms with Gasteiger partial charge in [-0.15, -0.1) is 0 Å². The number of urea groups is 1. The Bertz CT molecular complexity index is 1340. The van der Waals surface area contributed by atoms with Crippen LogP contribution >= 0.6 is 23.1 Å². The minimum absolute atomic E-state index is 0.0927. The minimum atomic E-state index is -1.12. The second-order valence-corrected chi connectivity index (χ2v) is 12.5. The Kier molecular flexibility index (Phi) is 6.53. The van der Waals surface area contributed by atoms with Gasteiger partial charge in [0.1, 0.15) is 11.8 Å². The third-order valence-corrected chi connectivity index (χ3v) is 9.67. The lowest BCUT2D eigenvalue weighted by Gasteiger charge is -2.31. The molecule has 37 heavy (non-hydrogen) atoms. The van der Waals surface area contributed by atoms with Gasteiger partial charge in [-0.1, -0.05) is 68.1 Å². The Morgan fingerprint density at radius 3 is 2.30 bits per heavy atom. The van der Waals surface area contributed by atoms with Crippen molar-refractivity contribution in [3.8, 4) is 0 Å². The van der Waals surface area contributed by atoms with Crippen LogP contribution in [0.25, 0.3) is 0 Å². The van der Waals surface area contributed by atoms with Gasteiger partial charge in [0.2, 0.25) is 11.8 Å². The predicted molar refractivity (Wildman–Crippen MR) is 138 cm³/mol. The molecule has 3 atom stereocenters. The van der Waals surface area contributed by atoms with Crippen LogP contribution in [-0.2, 0) is 31.1 Å². The monoisotopic (exact) mass is 544 g/mol. The summed E-state index contributed by atoms with van der Waals surface area (Å²) in [5, 5.41) is -0.450. The molecule has 2 fully saturated rings. The van der Waals surface area contributed by atoms with Gasteiger partial charge in [-0.25, -0.2) is 4.79 Å². The number of imide groups is 3. The molecule has 3 aliphatic heterocycles. The number of ether oxygens (including phenoxy) is 1. The van der Waals surface area contributed by atoms with Gasteiger partial charge in [0, 0.05) is 23.9 Å². The molecule has 196 valence electrons. The Balaban J connectivity index is 1.59. The average Bonchev–Trinajstić information content (AvgIpc) is 3.30. The molecule has 1 aromatic heterocycles. The molecule has 10 nitrogen and oxygen atoms in total. The van der Waals surface area contributed by atoms with E-state index in [2.05, 4.69) is 20.8 Å². The quantitative estimate of drug-likeness (QED) is 0.582. The van der Waals surface area contributed by atoms with Gasteiger partial charge < -0.3 is 15.4 Å². The maximum Gasteiger partial charge on any atom is 0.328 e. The fourth-order valence-electron chi connectivity index (χ4n) is 5.07. The number of thioether (sulfide) groups is 1. The molecule has 2 saturated heterocycles. The summed E-state index contributed by atoms with van der Waals surface area (Å²) in [6.45, 7) is 7.87. The number of amides is 5. The third-order valence-electron chi connectivity index (χ3n) is 7.06. The van der Waals surface area contributed by atoms with E-state index in [1.807, 2.05) is 24.3 Å². The first-order valence-corrected chi connectivity index (χ1v) is 13.7. The number of hydrogen-bond donors (Lipinski definition) is 1. The molecule has 1 aromatic carbocycles. The highest BCUT2D eigenvalue weighted by molar-refractivity contribution is 8.00. The van der Waals surface area contributed by atoms with Crippen LogP contribution in [0.4, 0.5) is 4.79 Å². The number of thiazole rings is 1. The number of primary amides is 1. The van der Waals surface area contributed by atoms with E-state index in [-0.39, 0.29) is 22.7 Å². The number of fused-ring (bicyclic) bond motifs is 2. The second-order valence-electron chi connectivity index (χ2n) is 10.4. The van der Waals surface area contributed by atoms with E-state index >= 15 is 0 Å². The van der Waals surface area contributed by atoms with Crippen LogP contribution in [-0.4, -0.2) is 69.7 Å². The zero-order valence-corrected chi connectivity index (χ0v) is 22.4. The molecule has 3 aliphatic rings. The summed E-state index contributed by atoms with van der Waals surface area (Å²) in [7, 11) is 0. The normalized spacial score (nSPS) is 23.7. The van der Waals surface area contributed by atoms with E-state index < -0.39 is 34.9 Å². The largest absolute Gasteiger partial charge is 0.378 e. The lowest BCUT2D eigenvalue weighted by Crippen LogP contribution is -2.43. The van der Waals surface area contributed by atoms with E-state index in [0.717, 1.165) is 34.2 Å². The first-order valence-electron chi connectivity index (χ1n) is 12.0. The summed E-state index contributed by atoms with van der Waals surface area (Å²) >= 11 is 2.03. The Morgan fingerprint density at radius 2 is 1.70 bits per heavy atom. The molecular weight excluding hydrogens is 516 g/mol. The topological polar surface area (TPSA) is 132 Å². The Hall–Kier alpha value is -2.96. The van der Waals surface area contributed by atoms with E-state index in [1.165, 1.54) is 4.57 Å². The van der Waals surface area contributed by atoms with Crippen LogP contribution in [0.5, 0.6) is 0 Å². The molecule has 5 rings (SSSR count). The smallest absolute Gasteiger partial charge is 0.328 e. The van der Waals surface area contributed by atoms with Crippen molar-refractivity contribution in [2.24, 2.45) is 11.7 Å². The fourth-order valence-corrected chi connectivity index (χ4v) is 7.84. The van der Waals surface area contributed by atoms with Crippen LogP contribution in [0.15, 0.2) is 34.1 Å². The summed E-state index contributed by atoms with van der Waals surface area (Å²) in [6.07, 6.45) is 0. The number of nitrogens with zero attached hydrogens (tertiary/aromatic N) is 3. The standard InChI is InChI=1S/C25H28N4O6S2/c1-25(2,3)14-6-4-13(5-7-14)16-17-18(21(32)29(20(17)31)23(26)33)36-22-19(16)37-24(34)28(22)12-15(30)27-8-10-35-11-9-27/h4-7,16-18H,8-12H2,1-3H3,(H2,26,33)/t16-,17+,18-/m0/s1. The number of carbonyl (C=O) groups is 4. The number of benzene rings is 1. The van der Waals surface area contributed by atoms with Crippen molar-refractivity contribution in [1.82, 2.24) is 14.4 Å². The van der Waals surface area contributed by atoms with E-state index in [9.17, 15) is 24.0 Å². The predicted octanol–water partition coefficient (Wildman–Crippen LogP) is 1.74. The van der Waals surface area contributed by atoms with Crippen molar-refractivity contribution in [2.45, 2.75) is 48.9 Å². The highest BCUT2D eigenvalue weighted by Gasteiger charge is 2.57. The number of aromatic nitrogens is 1. The fraction of sp³-hybridized carbons (Fsp3) is 0.480. The zero-order chi connectivity index (χ0) is 26.6. The van der Waals surface area contributed by atoms with Gasteiger partial charge in [-0.3, -0.25) is 23.7 Å². The Labute approximate surface area is 221 Å². The number of morpholine rings is 1. The van der Waals surface area contributed by atoms with Crippen molar-refractivity contribution in [3.05, 3.63) is 49.9 Å². The van der Waals surface area contributed by atoms with Crippen molar-refractivity contribution in [3.63, 3.8) is 0 Å². The van der Waals surface area contributed by atoms with Crippen LogP contribution in [0.1, 0.15) is 42.7 Å². The molecule has 12 heteroatoms. The molecule has 0 bridgehead atoms. The van der Waals surface area contributed by atoms with Crippen LogP contribution < -0.4 is 10.6 Å². The first-order chi connectivity index (χ1) is 17.5. The molecule has 2 N–H and O–H groups in total. The van der Waals surface area contributed by atoms with Gasteiger partial charge >= 0.3 is 10.9 Å². The summed E-state index contributed by atoms with van der Waals surface area (Å²) in [5.41, 5.74) is 7.14. The second kappa shape index (κ2) is 9.41. The summed E-state index contributed by atoms with van der Waals surface area (Å²) < 4.78 is 6.70. The lowest BCUT2D eigenvalue weighted by molar-refractivity contribution is -0.137. The molecule has 5 amide bonds. The lowest BCUT2D eigenvalue weighted by atomic mass is 9.81. The molecule has 0 radical (unpaired) electrons. The van der Waals surface area contributed by atoms with Gasteiger partial charge in [0.05, 0.1) is 24.2 Å². The number of nitrogens with two attached hydrogens (primary N) is 1.